The van der Waals surface area contributed by atoms with E-state index in [2.05, 4.69) is 0 Å². The lowest BCUT2D eigenvalue weighted by atomic mass is 9.85. The number of halogens is 11. The summed E-state index contributed by atoms with van der Waals surface area (Å²) in [5, 5.41) is 8.74. The van der Waals surface area contributed by atoms with Crippen LogP contribution in [0, 0.1) is 21.0 Å². The molecular weight excluding hydrogens is 535 g/mol. The molecule has 12 heteroatoms. The third-order valence-electron chi connectivity index (χ3n) is 3.78. The Morgan fingerprint density at radius 1 is 0.828 bits per heavy atom. The highest BCUT2D eigenvalue weighted by Gasteiger charge is 2.74. The first-order valence-corrected chi connectivity index (χ1v) is 8.28. The molecule has 1 radical (unpaired) electrons. The zero-order chi connectivity index (χ0) is 22.4. The molecule has 155 valence electrons. The van der Waals surface area contributed by atoms with Crippen LogP contribution in [0.4, 0.5) is 43.9 Å². The average Bonchev–Trinajstić information content (AvgIpc) is 2.57. The summed E-state index contributed by atoms with van der Waals surface area (Å²) < 4.78 is 132. The van der Waals surface area contributed by atoms with Gasteiger partial charge in [0.05, 0.1) is 17.2 Å². The molecule has 2 rings (SSSR count). The van der Waals surface area contributed by atoms with Crippen molar-refractivity contribution in [3.63, 3.8) is 0 Å². The molecule has 0 heterocycles. The Balaban J connectivity index is 3.00. The Kier molecular flexibility index (Phi) is 5.88. The van der Waals surface area contributed by atoms with Crippen molar-refractivity contribution >= 4 is 22.6 Å². The van der Waals surface area contributed by atoms with E-state index in [9.17, 15) is 43.9 Å². The molecule has 0 fully saturated rings. The molecule has 0 unspecified atom stereocenters. The first-order chi connectivity index (χ1) is 13.0. The molecule has 0 saturated heterocycles. The van der Waals surface area contributed by atoms with Crippen LogP contribution in [0.15, 0.2) is 30.3 Å². The summed E-state index contributed by atoms with van der Waals surface area (Å²) in [6.07, 6.45) is -18.6. The van der Waals surface area contributed by atoms with E-state index >= 15 is 0 Å². The van der Waals surface area contributed by atoms with Crippen LogP contribution >= 0.6 is 22.6 Å². The molecular formula is C17H5F10IN. The highest BCUT2D eigenvalue weighted by Crippen LogP contribution is 2.56. The quantitative estimate of drug-likeness (QED) is 0.299. The molecule has 0 bridgehead atoms. The zero-order valence-electron chi connectivity index (χ0n) is 13.5. The van der Waals surface area contributed by atoms with Gasteiger partial charge in [0.2, 0.25) is 0 Å². The van der Waals surface area contributed by atoms with Crippen LogP contribution in [-0.4, -0.2) is 12.4 Å². The topological polar surface area (TPSA) is 23.8 Å². The van der Waals surface area contributed by atoms with E-state index < -0.39 is 56.1 Å². The lowest BCUT2D eigenvalue weighted by molar-refractivity contribution is -0.348. The number of nitriles is 1. The second kappa shape index (κ2) is 7.33. The molecule has 1 nitrogen and oxygen atoms in total. The summed E-state index contributed by atoms with van der Waals surface area (Å²) in [5.74, 6) is 0. The molecule has 0 aliphatic rings. The van der Waals surface area contributed by atoms with Crippen molar-refractivity contribution in [3.05, 3.63) is 56.7 Å². The van der Waals surface area contributed by atoms with Gasteiger partial charge in [0.1, 0.15) is 0 Å². The SMILES string of the molecule is N#Cc1ccc(-c2c(I)[c]c(C(F)(F)F)cc2C(F)(C(F)(F)F)C(F)(F)F)cc1. The van der Waals surface area contributed by atoms with E-state index in [1.54, 1.807) is 12.1 Å². The van der Waals surface area contributed by atoms with Gasteiger partial charge in [-0.2, -0.15) is 44.8 Å². The largest absolute Gasteiger partial charge is 0.435 e. The Bertz CT molecular complexity index is 935. The van der Waals surface area contributed by atoms with Crippen molar-refractivity contribution < 1.29 is 43.9 Å². The maximum atomic E-state index is 14.7. The maximum absolute atomic E-state index is 14.7. The maximum Gasteiger partial charge on any atom is 0.435 e. The summed E-state index contributed by atoms with van der Waals surface area (Å²) >= 11 is 1.05. The Morgan fingerprint density at radius 3 is 1.69 bits per heavy atom. The standard InChI is InChI=1S/C17H5F10IN/c18-14(16(22,23)24,17(25,26)27)11-5-10(15(19,20)21)6-12(28)13(11)9-3-1-8(7-29)2-4-9/h1-5H. The van der Waals surface area contributed by atoms with Gasteiger partial charge in [-0.05, 0) is 46.4 Å². The van der Waals surface area contributed by atoms with Crippen LogP contribution in [0.5, 0.6) is 0 Å². The Hall–Kier alpha value is -2.04. The van der Waals surface area contributed by atoms with E-state index in [1.807, 2.05) is 0 Å². The zero-order valence-corrected chi connectivity index (χ0v) is 15.6. The molecule has 2 aromatic carbocycles. The molecule has 2 aromatic rings. The second-order valence-corrected chi connectivity index (χ2v) is 6.71. The van der Waals surface area contributed by atoms with Gasteiger partial charge in [0.15, 0.2) is 0 Å². The van der Waals surface area contributed by atoms with Gasteiger partial charge >= 0.3 is 24.2 Å². The monoisotopic (exact) mass is 540 g/mol. The van der Waals surface area contributed by atoms with Crippen molar-refractivity contribution in [1.29, 1.82) is 5.26 Å². The summed E-state index contributed by atoms with van der Waals surface area (Å²) in [6.45, 7) is 0. The van der Waals surface area contributed by atoms with Crippen LogP contribution in [-0.2, 0) is 11.8 Å². The van der Waals surface area contributed by atoms with E-state index in [4.69, 9.17) is 5.26 Å². The van der Waals surface area contributed by atoms with Gasteiger partial charge in [-0.25, -0.2) is 4.39 Å². The summed E-state index contributed by atoms with van der Waals surface area (Å²) in [6, 6.07) is 6.57. The summed E-state index contributed by atoms with van der Waals surface area (Å²) in [5.41, 5.74) is -11.9. The average molecular weight is 540 g/mol. The number of nitrogens with zero attached hydrogens (tertiary/aromatic N) is 1. The number of hydrogen-bond acceptors (Lipinski definition) is 1. The van der Waals surface area contributed by atoms with Crippen LogP contribution in [0.3, 0.4) is 0 Å². The van der Waals surface area contributed by atoms with Crippen molar-refractivity contribution in [2.75, 3.05) is 0 Å². The number of alkyl halides is 10. The van der Waals surface area contributed by atoms with Gasteiger partial charge in [-0.3, -0.25) is 0 Å². The molecule has 0 amide bonds. The lowest BCUT2D eigenvalue weighted by Crippen LogP contribution is -2.51. The molecule has 0 saturated carbocycles. The fourth-order valence-corrected chi connectivity index (χ4v) is 3.33. The predicted octanol–water partition coefficient (Wildman–Crippen LogP) is 6.94. The minimum atomic E-state index is -6.61. The van der Waals surface area contributed by atoms with Crippen molar-refractivity contribution in [2.24, 2.45) is 0 Å². The van der Waals surface area contributed by atoms with Gasteiger partial charge in [0.25, 0.3) is 0 Å². The van der Waals surface area contributed by atoms with E-state index in [1.165, 1.54) is 0 Å². The lowest BCUT2D eigenvalue weighted by Gasteiger charge is -2.32. The number of hydrogen-bond donors (Lipinski definition) is 0. The molecule has 29 heavy (non-hydrogen) atoms. The van der Waals surface area contributed by atoms with Gasteiger partial charge in [-0.15, -0.1) is 0 Å². The Morgan fingerprint density at radius 2 is 1.31 bits per heavy atom. The van der Waals surface area contributed by atoms with Crippen molar-refractivity contribution in [1.82, 2.24) is 0 Å². The first-order valence-electron chi connectivity index (χ1n) is 7.20. The molecule has 0 atom stereocenters. The number of rotatable bonds is 2. The fraction of sp³-hybridized carbons (Fsp3) is 0.235. The van der Waals surface area contributed by atoms with Crippen LogP contribution < -0.4 is 0 Å². The highest BCUT2D eigenvalue weighted by molar-refractivity contribution is 14.1. The third kappa shape index (κ3) is 4.15. The van der Waals surface area contributed by atoms with Crippen molar-refractivity contribution in [2.45, 2.75) is 24.2 Å². The van der Waals surface area contributed by atoms with Gasteiger partial charge in [-0.1, -0.05) is 12.1 Å². The minimum Gasteiger partial charge on any atom is -0.218 e. The fourth-order valence-electron chi connectivity index (χ4n) is 2.44. The molecule has 0 aliphatic carbocycles. The smallest absolute Gasteiger partial charge is 0.218 e. The third-order valence-corrected chi connectivity index (χ3v) is 4.59. The van der Waals surface area contributed by atoms with Gasteiger partial charge < -0.3 is 0 Å². The van der Waals surface area contributed by atoms with Crippen LogP contribution in [0.2, 0.25) is 0 Å². The van der Waals surface area contributed by atoms with E-state index in [0.29, 0.717) is 0 Å². The van der Waals surface area contributed by atoms with Crippen molar-refractivity contribution in [3.8, 4) is 17.2 Å². The van der Waals surface area contributed by atoms with Crippen LogP contribution in [0.1, 0.15) is 16.7 Å². The van der Waals surface area contributed by atoms with E-state index in [-0.39, 0.29) is 5.56 Å². The summed E-state index contributed by atoms with van der Waals surface area (Å²) in [7, 11) is 0. The molecule has 0 aromatic heterocycles. The molecule has 0 aliphatic heterocycles. The number of benzene rings is 2. The predicted molar refractivity (Wildman–Crippen MR) is 88.0 cm³/mol. The van der Waals surface area contributed by atoms with Crippen LogP contribution in [0.25, 0.3) is 11.1 Å². The summed E-state index contributed by atoms with van der Waals surface area (Å²) in [4.78, 5) is 0. The minimum absolute atomic E-state index is 0.0284. The second-order valence-electron chi connectivity index (χ2n) is 5.63. The highest BCUT2D eigenvalue weighted by atomic mass is 127. The Labute approximate surface area is 170 Å². The first kappa shape index (κ1) is 23.2. The van der Waals surface area contributed by atoms with Gasteiger partial charge in [0, 0.05) is 20.8 Å². The molecule has 0 spiro atoms. The normalized spacial score (nSPS) is 13.3. The van der Waals surface area contributed by atoms with E-state index in [0.717, 1.165) is 46.9 Å². The molecule has 0 N–H and O–H groups in total.